The van der Waals surface area contributed by atoms with Gasteiger partial charge in [0.15, 0.2) is 0 Å². The van der Waals surface area contributed by atoms with Gasteiger partial charge in [-0.1, -0.05) is 36.4 Å². The van der Waals surface area contributed by atoms with E-state index in [2.05, 4.69) is 0 Å². The van der Waals surface area contributed by atoms with Crippen LogP contribution in [0.2, 0.25) is 0 Å². The van der Waals surface area contributed by atoms with Crippen LogP contribution in [0.5, 0.6) is 0 Å². The van der Waals surface area contributed by atoms with Crippen molar-refractivity contribution < 1.29 is 4.74 Å². The lowest BCUT2D eigenvalue weighted by Gasteiger charge is -2.23. The van der Waals surface area contributed by atoms with E-state index in [1.165, 1.54) is 0 Å². The minimum absolute atomic E-state index is 0.433. The summed E-state index contributed by atoms with van der Waals surface area (Å²) in [6, 6.07) is 19.8. The Bertz CT molecular complexity index is 445. The smallest absolute Gasteiger partial charge is 0.268 e. The van der Waals surface area contributed by atoms with Crippen LogP contribution in [-0.2, 0) is 4.74 Å². The number of ether oxygens (including phenoxy) is 1. The highest BCUT2D eigenvalue weighted by Gasteiger charge is 2.13. The number of rotatable bonds is 2. The molecule has 0 radical (unpaired) electrons. The number of benzene rings is 2. The SMILES string of the molecule is COC(=S)N(c1ccccc1)c1ccccc1. The van der Waals surface area contributed by atoms with Crippen LogP contribution in [0.3, 0.4) is 0 Å². The molecular weight excluding hydrogens is 230 g/mol. The molecule has 0 spiro atoms. The van der Waals surface area contributed by atoms with Gasteiger partial charge >= 0.3 is 0 Å². The second-order valence-corrected chi connectivity index (χ2v) is 3.83. The van der Waals surface area contributed by atoms with Gasteiger partial charge in [-0.3, -0.25) is 4.90 Å². The summed E-state index contributed by atoms with van der Waals surface area (Å²) in [5.41, 5.74) is 1.98. The molecule has 0 atom stereocenters. The molecular formula is C14H13NOS. The van der Waals surface area contributed by atoms with Gasteiger partial charge in [0.05, 0.1) is 7.11 Å². The molecule has 0 heterocycles. The second kappa shape index (κ2) is 5.46. The van der Waals surface area contributed by atoms with Crippen LogP contribution in [-0.4, -0.2) is 12.3 Å². The Morgan fingerprint density at radius 2 is 1.29 bits per heavy atom. The van der Waals surface area contributed by atoms with Gasteiger partial charge in [0.2, 0.25) is 0 Å². The Kier molecular flexibility index (Phi) is 3.73. The lowest BCUT2D eigenvalue weighted by molar-refractivity contribution is 0.407. The van der Waals surface area contributed by atoms with Crippen molar-refractivity contribution in [3.05, 3.63) is 60.7 Å². The molecule has 86 valence electrons. The Morgan fingerprint density at radius 1 is 0.882 bits per heavy atom. The molecule has 0 bridgehead atoms. The molecule has 0 unspecified atom stereocenters. The molecule has 3 heteroatoms. The van der Waals surface area contributed by atoms with E-state index in [9.17, 15) is 0 Å². The quantitative estimate of drug-likeness (QED) is 0.745. The summed E-state index contributed by atoms with van der Waals surface area (Å²) in [5, 5.41) is 0.433. The number of hydrogen-bond acceptors (Lipinski definition) is 2. The molecule has 17 heavy (non-hydrogen) atoms. The zero-order valence-electron chi connectivity index (χ0n) is 9.54. The lowest BCUT2D eigenvalue weighted by atomic mass is 10.2. The van der Waals surface area contributed by atoms with Crippen LogP contribution in [0.4, 0.5) is 11.4 Å². The number of thiocarbonyl (C=S) groups is 1. The van der Waals surface area contributed by atoms with Gasteiger partial charge in [-0.05, 0) is 36.5 Å². The van der Waals surface area contributed by atoms with Crippen LogP contribution >= 0.6 is 12.2 Å². The van der Waals surface area contributed by atoms with Crippen molar-refractivity contribution in [1.29, 1.82) is 0 Å². The molecule has 2 aromatic rings. The van der Waals surface area contributed by atoms with E-state index >= 15 is 0 Å². The van der Waals surface area contributed by atoms with Crippen LogP contribution in [0.25, 0.3) is 0 Å². The first-order valence-corrected chi connectivity index (χ1v) is 5.72. The fourth-order valence-corrected chi connectivity index (χ4v) is 1.82. The normalized spacial score (nSPS) is 9.71. The molecule has 0 N–H and O–H groups in total. The Hall–Kier alpha value is -1.87. The zero-order chi connectivity index (χ0) is 12.1. The molecule has 2 aromatic carbocycles. The number of anilines is 2. The average molecular weight is 243 g/mol. The summed E-state index contributed by atoms with van der Waals surface area (Å²) < 4.78 is 5.18. The van der Waals surface area contributed by atoms with Gasteiger partial charge in [0, 0.05) is 11.4 Å². The number of hydrogen-bond donors (Lipinski definition) is 0. The summed E-state index contributed by atoms with van der Waals surface area (Å²) in [5.74, 6) is 0. The predicted octanol–water partition coefficient (Wildman–Crippen LogP) is 3.76. The van der Waals surface area contributed by atoms with Gasteiger partial charge in [-0.15, -0.1) is 0 Å². The van der Waals surface area contributed by atoms with Crippen molar-refractivity contribution in [3.63, 3.8) is 0 Å². The van der Waals surface area contributed by atoms with E-state index in [0.717, 1.165) is 11.4 Å². The van der Waals surface area contributed by atoms with E-state index in [1.807, 2.05) is 65.6 Å². The van der Waals surface area contributed by atoms with Crippen LogP contribution in [0, 0.1) is 0 Å². The second-order valence-electron chi connectivity index (χ2n) is 3.48. The van der Waals surface area contributed by atoms with Crippen LogP contribution < -0.4 is 4.90 Å². The Labute approximate surface area is 106 Å². The van der Waals surface area contributed by atoms with Gasteiger partial charge in [-0.25, -0.2) is 0 Å². The van der Waals surface area contributed by atoms with Crippen molar-refractivity contribution in [2.45, 2.75) is 0 Å². The van der Waals surface area contributed by atoms with Crippen molar-refractivity contribution in [1.82, 2.24) is 0 Å². The largest absolute Gasteiger partial charge is 0.474 e. The minimum atomic E-state index is 0.433. The highest BCUT2D eigenvalue weighted by Crippen LogP contribution is 2.25. The van der Waals surface area contributed by atoms with Crippen LogP contribution in [0.1, 0.15) is 0 Å². The summed E-state index contributed by atoms with van der Waals surface area (Å²) in [7, 11) is 1.58. The molecule has 0 amide bonds. The summed E-state index contributed by atoms with van der Waals surface area (Å²) in [6.45, 7) is 0. The molecule has 0 aliphatic rings. The fourth-order valence-electron chi connectivity index (χ4n) is 1.61. The first-order chi connectivity index (χ1) is 8.33. The molecule has 0 fully saturated rings. The van der Waals surface area contributed by atoms with E-state index in [0.29, 0.717) is 5.17 Å². The van der Waals surface area contributed by atoms with Crippen molar-refractivity contribution in [2.75, 3.05) is 12.0 Å². The first-order valence-electron chi connectivity index (χ1n) is 5.31. The van der Waals surface area contributed by atoms with Gasteiger partial charge in [-0.2, -0.15) is 0 Å². The maximum Gasteiger partial charge on any atom is 0.268 e. The Balaban J connectivity index is 2.43. The number of para-hydroxylation sites is 2. The molecule has 2 nitrogen and oxygen atoms in total. The van der Waals surface area contributed by atoms with Crippen LogP contribution in [0.15, 0.2) is 60.7 Å². The summed E-state index contributed by atoms with van der Waals surface area (Å²) in [4.78, 5) is 1.90. The van der Waals surface area contributed by atoms with Crippen molar-refractivity contribution in [2.24, 2.45) is 0 Å². The first kappa shape index (κ1) is 11.6. The monoisotopic (exact) mass is 243 g/mol. The van der Waals surface area contributed by atoms with Crippen molar-refractivity contribution >= 4 is 28.8 Å². The third-order valence-corrected chi connectivity index (χ3v) is 2.74. The zero-order valence-corrected chi connectivity index (χ0v) is 10.4. The molecule has 0 saturated heterocycles. The molecule has 0 aromatic heterocycles. The number of nitrogens with zero attached hydrogens (tertiary/aromatic N) is 1. The van der Waals surface area contributed by atoms with Crippen molar-refractivity contribution in [3.8, 4) is 0 Å². The lowest BCUT2D eigenvalue weighted by Crippen LogP contribution is -2.25. The summed E-state index contributed by atoms with van der Waals surface area (Å²) in [6.07, 6.45) is 0. The fraction of sp³-hybridized carbons (Fsp3) is 0.0714. The highest BCUT2D eigenvalue weighted by molar-refractivity contribution is 7.80. The molecule has 2 rings (SSSR count). The maximum atomic E-state index is 5.24. The van der Waals surface area contributed by atoms with Gasteiger partial charge in [0.1, 0.15) is 0 Å². The Morgan fingerprint density at radius 3 is 1.65 bits per heavy atom. The molecule has 0 saturated carbocycles. The topological polar surface area (TPSA) is 12.5 Å². The van der Waals surface area contributed by atoms with E-state index in [4.69, 9.17) is 17.0 Å². The van der Waals surface area contributed by atoms with Gasteiger partial charge < -0.3 is 4.74 Å². The van der Waals surface area contributed by atoms with Gasteiger partial charge in [0.25, 0.3) is 5.17 Å². The highest BCUT2D eigenvalue weighted by atomic mass is 32.1. The standard InChI is InChI=1S/C14H13NOS/c1-16-14(17)15(12-8-4-2-5-9-12)13-10-6-3-7-11-13/h2-11H,1H3. The third kappa shape index (κ3) is 2.63. The molecule has 0 aliphatic heterocycles. The van der Waals surface area contributed by atoms with E-state index < -0.39 is 0 Å². The maximum absolute atomic E-state index is 5.24. The molecule has 0 aliphatic carbocycles. The minimum Gasteiger partial charge on any atom is -0.474 e. The average Bonchev–Trinajstić information content (AvgIpc) is 2.41. The van der Waals surface area contributed by atoms with E-state index in [1.54, 1.807) is 7.11 Å². The summed E-state index contributed by atoms with van der Waals surface area (Å²) >= 11 is 5.24. The predicted molar refractivity (Wildman–Crippen MR) is 74.6 cm³/mol. The number of methoxy groups -OCH3 is 1. The third-order valence-electron chi connectivity index (χ3n) is 2.39. The van der Waals surface area contributed by atoms with E-state index in [-0.39, 0.29) is 0 Å².